The molecule has 2 N–H and O–H groups in total. The van der Waals surface area contributed by atoms with E-state index in [9.17, 15) is 9.18 Å². The van der Waals surface area contributed by atoms with Crippen LogP contribution in [0.15, 0.2) is 48.5 Å². The lowest BCUT2D eigenvalue weighted by Gasteiger charge is -2.30. The van der Waals surface area contributed by atoms with Crippen molar-refractivity contribution in [2.45, 2.75) is 26.3 Å². The molecule has 0 aromatic heterocycles. The number of halogens is 2. The first-order valence-corrected chi connectivity index (χ1v) is 9.09. The van der Waals surface area contributed by atoms with Gasteiger partial charge >= 0.3 is 0 Å². The maximum Gasteiger partial charge on any atom is 0.246 e. The van der Waals surface area contributed by atoms with Gasteiger partial charge in [0.2, 0.25) is 5.91 Å². The Morgan fingerprint density at radius 3 is 2.50 bits per heavy atom. The molecule has 0 spiro atoms. The van der Waals surface area contributed by atoms with Crippen LogP contribution in [-0.2, 0) is 4.79 Å². The zero-order chi connectivity index (χ0) is 19.1. The molecule has 0 bridgehead atoms. The lowest BCUT2D eigenvalue weighted by molar-refractivity contribution is -0.119. The van der Waals surface area contributed by atoms with Gasteiger partial charge in [0.25, 0.3) is 0 Å². The van der Waals surface area contributed by atoms with Crippen LogP contribution in [0.2, 0.25) is 5.02 Å². The Morgan fingerprint density at radius 1 is 1.19 bits per heavy atom. The molecule has 0 aliphatic carbocycles. The lowest BCUT2D eigenvalue weighted by Crippen LogP contribution is -2.47. The van der Waals surface area contributed by atoms with Gasteiger partial charge in [-0.1, -0.05) is 24.6 Å². The van der Waals surface area contributed by atoms with E-state index in [0.29, 0.717) is 28.1 Å². The highest BCUT2D eigenvalue weighted by Gasteiger charge is 2.23. The lowest BCUT2D eigenvalue weighted by atomic mass is 10.2. The standard InChI is InChI=1S/C19H21ClFN3OS/c1-3-11-24(19(26)23-16-9-7-15(21)8-10-16)13(2)18(25)22-17-6-4-5-14(20)12-17/h4-10,12-13H,3,11H2,1-2H3,(H,22,25)(H,23,26)/t13-/m0/s1. The summed E-state index contributed by atoms with van der Waals surface area (Å²) in [5, 5.41) is 6.86. The summed E-state index contributed by atoms with van der Waals surface area (Å²) >= 11 is 11.4. The van der Waals surface area contributed by atoms with E-state index >= 15 is 0 Å². The fraction of sp³-hybridized carbons (Fsp3) is 0.263. The van der Waals surface area contributed by atoms with Crippen LogP contribution < -0.4 is 10.6 Å². The van der Waals surface area contributed by atoms with Crippen LogP contribution in [0.5, 0.6) is 0 Å². The summed E-state index contributed by atoms with van der Waals surface area (Å²) in [6.45, 7) is 4.40. The number of nitrogens with one attached hydrogen (secondary N) is 2. The smallest absolute Gasteiger partial charge is 0.246 e. The van der Waals surface area contributed by atoms with Crippen molar-refractivity contribution in [2.24, 2.45) is 0 Å². The largest absolute Gasteiger partial charge is 0.337 e. The van der Waals surface area contributed by atoms with E-state index in [2.05, 4.69) is 10.6 Å². The minimum atomic E-state index is -0.491. The second-order valence-electron chi connectivity index (χ2n) is 5.81. The number of benzene rings is 2. The van der Waals surface area contributed by atoms with E-state index in [1.54, 1.807) is 48.2 Å². The van der Waals surface area contributed by atoms with E-state index in [1.807, 2.05) is 6.92 Å². The fourth-order valence-corrected chi connectivity index (χ4v) is 2.95. The van der Waals surface area contributed by atoms with Gasteiger partial charge in [-0.2, -0.15) is 0 Å². The number of anilines is 2. The quantitative estimate of drug-likeness (QED) is 0.684. The molecule has 2 aromatic carbocycles. The minimum Gasteiger partial charge on any atom is -0.337 e. The molecule has 7 heteroatoms. The highest BCUT2D eigenvalue weighted by molar-refractivity contribution is 7.80. The summed E-state index contributed by atoms with van der Waals surface area (Å²) < 4.78 is 13.0. The predicted octanol–water partition coefficient (Wildman–Crippen LogP) is 4.92. The monoisotopic (exact) mass is 393 g/mol. The molecule has 4 nitrogen and oxygen atoms in total. The van der Waals surface area contributed by atoms with Gasteiger partial charge < -0.3 is 15.5 Å². The molecule has 2 rings (SSSR count). The van der Waals surface area contributed by atoms with Crippen molar-refractivity contribution >= 4 is 46.2 Å². The first-order valence-electron chi connectivity index (χ1n) is 8.30. The molecule has 0 aliphatic rings. The van der Waals surface area contributed by atoms with E-state index in [4.69, 9.17) is 23.8 Å². The maximum absolute atomic E-state index is 13.0. The van der Waals surface area contributed by atoms with Crippen molar-refractivity contribution in [2.75, 3.05) is 17.2 Å². The van der Waals surface area contributed by atoms with Crippen molar-refractivity contribution in [3.05, 3.63) is 59.4 Å². The number of nitrogens with zero attached hydrogens (tertiary/aromatic N) is 1. The van der Waals surface area contributed by atoms with E-state index in [-0.39, 0.29) is 11.7 Å². The first kappa shape index (κ1) is 20.1. The second kappa shape index (κ2) is 9.50. The Kier molecular flexibility index (Phi) is 7.36. The zero-order valence-electron chi connectivity index (χ0n) is 14.6. The summed E-state index contributed by atoms with van der Waals surface area (Å²) in [6, 6.07) is 12.4. The molecule has 1 amide bonds. The number of amides is 1. The summed E-state index contributed by atoms with van der Waals surface area (Å²) in [4.78, 5) is 14.4. The van der Waals surface area contributed by atoms with Crippen molar-refractivity contribution in [1.82, 2.24) is 4.90 Å². The molecule has 0 aliphatic heterocycles. The van der Waals surface area contributed by atoms with Gasteiger partial charge in [-0.3, -0.25) is 4.79 Å². The number of carbonyl (C=O) groups excluding carboxylic acids is 1. The fourth-order valence-electron chi connectivity index (χ4n) is 2.39. The van der Waals surface area contributed by atoms with Crippen LogP contribution in [-0.4, -0.2) is 28.5 Å². The molecular weight excluding hydrogens is 373 g/mol. The molecular formula is C19H21ClFN3OS. The van der Waals surface area contributed by atoms with Crippen LogP contribution in [0.25, 0.3) is 0 Å². The van der Waals surface area contributed by atoms with Crippen molar-refractivity contribution in [1.29, 1.82) is 0 Å². The van der Waals surface area contributed by atoms with Crippen LogP contribution in [0, 0.1) is 5.82 Å². The number of hydrogen-bond acceptors (Lipinski definition) is 2. The van der Waals surface area contributed by atoms with E-state index in [1.165, 1.54) is 12.1 Å². The Morgan fingerprint density at radius 2 is 1.88 bits per heavy atom. The molecule has 0 unspecified atom stereocenters. The van der Waals surface area contributed by atoms with Crippen molar-refractivity contribution in [3.8, 4) is 0 Å². The Bertz CT molecular complexity index is 770. The van der Waals surface area contributed by atoms with Gasteiger partial charge in [-0.05, 0) is 68.0 Å². The summed E-state index contributed by atoms with van der Waals surface area (Å²) in [6.07, 6.45) is 0.819. The van der Waals surface area contributed by atoms with E-state index in [0.717, 1.165) is 6.42 Å². The molecule has 0 fully saturated rings. The minimum absolute atomic E-state index is 0.191. The Balaban J connectivity index is 2.07. The van der Waals surface area contributed by atoms with Crippen molar-refractivity contribution < 1.29 is 9.18 Å². The number of carbonyl (C=O) groups is 1. The van der Waals surface area contributed by atoms with Gasteiger partial charge in [0.1, 0.15) is 11.9 Å². The topological polar surface area (TPSA) is 44.4 Å². The molecule has 0 radical (unpaired) electrons. The zero-order valence-corrected chi connectivity index (χ0v) is 16.2. The van der Waals surface area contributed by atoms with Gasteiger partial charge in [-0.15, -0.1) is 0 Å². The number of thiocarbonyl (C=S) groups is 1. The normalized spacial score (nSPS) is 11.5. The Hall–Kier alpha value is -2.18. The van der Waals surface area contributed by atoms with Gasteiger partial charge in [0.15, 0.2) is 5.11 Å². The Labute approximate surface area is 163 Å². The number of rotatable bonds is 6. The SMILES string of the molecule is CCCN(C(=S)Nc1ccc(F)cc1)[C@@H](C)C(=O)Nc1cccc(Cl)c1. The summed E-state index contributed by atoms with van der Waals surface area (Å²) in [5.74, 6) is -0.509. The molecule has 0 saturated heterocycles. The highest BCUT2D eigenvalue weighted by atomic mass is 35.5. The van der Waals surface area contributed by atoms with Crippen LogP contribution in [0.3, 0.4) is 0 Å². The number of hydrogen-bond donors (Lipinski definition) is 2. The average molecular weight is 394 g/mol. The predicted molar refractivity (Wildman–Crippen MR) is 109 cm³/mol. The first-order chi connectivity index (χ1) is 12.4. The summed E-state index contributed by atoms with van der Waals surface area (Å²) in [7, 11) is 0. The van der Waals surface area contributed by atoms with Gasteiger partial charge in [0.05, 0.1) is 0 Å². The third-order valence-electron chi connectivity index (χ3n) is 3.76. The molecule has 1 atom stereocenters. The molecule has 0 heterocycles. The van der Waals surface area contributed by atoms with Crippen LogP contribution in [0.1, 0.15) is 20.3 Å². The third-order valence-corrected chi connectivity index (χ3v) is 4.33. The summed E-state index contributed by atoms with van der Waals surface area (Å²) in [5.41, 5.74) is 1.29. The van der Waals surface area contributed by atoms with Crippen molar-refractivity contribution in [3.63, 3.8) is 0 Å². The van der Waals surface area contributed by atoms with Crippen LogP contribution in [0.4, 0.5) is 15.8 Å². The molecule has 0 saturated carbocycles. The van der Waals surface area contributed by atoms with Crippen LogP contribution >= 0.6 is 23.8 Å². The van der Waals surface area contributed by atoms with E-state index < -0.39 is 6.04 Å². The highest BCUT2D eigenvalue weighted by Crippen LogP contribution is 2.16. The average Bonchev–Trinajstić information content (AvgIpc) is 2.61. The van der Waals surface area contributed by atoms with Gasteiger partial charge in [0, 0.05) is 22.9 Å². The molecule has 2 aromatic rings. The molecule has 138 valence electrons. The maximum atomic E-state index is 13.0. The third kappa shape index (κ3) is 5.68. The second-order valence-corrected chi connectivity index (χ2v) is 6.63. The molecule has 26 heavy (non-hydrogen) atoms. The van der Waals surface area contributed by atoms with Gasteiger partial charge in [-0.25, -0.2) is 4.39 Å².